The molecule has 2 saturated heterocycles. The number of carboxylic acid groups (broad SMARTS) is 1. The van der Waals surface area contributed by atoms with Gasteiger partial charge in [0, 0.05) is 32.8 Å². The van der Waals surface area contributed by atoms with Gasteiger partial charge in [0.05, 0.1) is 11.5 Å². The highest BCUT2D eigenvalue weighted by Crippen LogP contribution is 2.34. The van der Waals surface area contributed by atoms with E-state index in [1.54, 1.807) is 4.90 Å². The minimum atomic E-state index is -0.782. The van der Waals surface area contributed by atoms with Crippen LogP contribution >= 0.6 is 0 Å². The molecule has 0 aromatic rings. The van der Waals surface area contributed by atoms with Crippen molar-refractivity contribution < 1.29 is 19.4 Å². The molecule has 1 N–H and O–H groups in total. The van der Waals surface area contributed by atoms with Gasteiger partial charge in [-0.2, -0.15) is 0 Å². The Bertz CT molecular complexity index is 393. The number of amides is 2. The molecule has 0 aromatic heterocycles. The third-order valence-electron chi connectivity index (χ3n) is 4.87. The highest BCUT2D eigenvalue weighted by Gasteiger charge is 2.45. The number of piperidine rings is 1. The molecule has 0 spiro atoms. The normalized spacial score (nSPS) is 27.1. The third-order valence-corrected chi connectivity index (χ3v) is 4.87. The van der Waals surface area contributed by atoms with Crippen LogP contribution in [0, 0.1) is 5.41 Å². The first-order valence-electron chi connectivity index (χ1n) is 7.91. The fraction of sp³-hybridized carbons (Fsp3) is 0.867. The predicted octanol–water partition coefficient (Wildman–Crippen LogP) is 1.79. The Morgan fingerprint density at radius 3 is 2.33 bits per heavy atom. The molecule has 0 aliphatic carbocycles. The maximum atomic E-state index is 12.5. The number of ether oxygens (including phenoxy) is 1. The molecule has 2 amide bonds. The lowest BCUT2D eigenvalue weighted by Gasteiger charge is -2.34. The Hall–Kier alpha value is -1.30. The van der Waals surface area contributed by atoms with Crippen molar-refractivity contribution in [1.29, 1.82) is 0 Å². The first-order chi connectivity index (χ1) is 10.0. The molecule has 2 aliphatic rings. The van der Waals surface area contributed by atoms with Gasteiger partial charge in [-0.25, -0.2) is 4.79 Å². The topological polar surface area (TPSA) is 70.1 Å². The smallest absolute Gasteiger partial charge is 0.320 e. The second kappa shape index (κ2) is 6.64. The van der Waals surface area contributed by atoms with E-state index in [0.29, 0.717) is 45.6 Å². The van der Waals surface area contributed by atoms with Gasteiger partial charge in [-0.3, -0.25) is 4.79 Å². The highest BCUT2D eigenvalue weighted by atomic mass is 16.5. The summed E-state index contributed by atoms with van der Waals surface area (Å²) < 4.78 is 5.59. The fourth-order valence-corrected chi connectivity index (χ4v) is 3.30. The van der Waals surface area contributed by atoms with E-state index >= 15 is 0 Å². The minimum absolute atomic E-state index is 0.0125. The Morgan fingerprint density at radius 2 is 1.86 bits per heavy atom. The molecule has 1 atom stereocenters. The van der Waals surface area contributed by atoms with Crippen LogP contribution in [0.1, 0.15) is 39.5 Å². The average Bonchev–Trinajstić information content (AvgIpc) is 2.93. The summed E-state index contributed by atoms with van der Waals surface area (Å²) in [5.74, 6) is -0.782. The Morgan fingerprint density at radius 1 is 1.19 bits per heavy atom. The molecule has 6 heteroatoms. The number of likely N-dealkylation sites (tertiary alicyclic amines) is 2. The molecule has 6 nitrogen and oxygen atoms in total. The van der Waals surface area contributed by atoms with Crippen molar-refractivity contribution in [2.45, 2.75) is 45.6 Å². The number of aliphatic carboxylic acids is 1. The largest absolute Gasteiger partial charge is 0.481 e. The van der Waals surface area contributed by atoms with Gasteiger partial charge in [0.2, 0.25) is 0 Å². The number of carbonyl (C=O) groups is 2. The molecule has 2 heterocycles. The summed E-state index contributed by atoms with van der Waals surface area (Å²) >= 11 is 0. The van der Waals surface area contributed by atoms with E-state index in [-0.39, 0.29) is 12.1 Å². The molecule has 2 aliphatic heterocycles. The second-order valence-corrected chi connectivity index (χ2v) is 6.03. The van der Waals surface area contributed by atoms with Gasteiger partial charge < -0.3 is 19.6 Å². The summed E-state index contributed by atoms with van der Waals surface area (Å²) in [5.41, 5.74) is -0.751. The molecule has 2 rings (SSSR count). The van der Waals surface area contributed by atoms with Gasteiger partial charge in [-0.05, 0) is 32.6 Å². The Labute approximate surface area is 126 Å². The SMILES string of the molecule is CCOC1CCN(C(=O)N2CCC(CC)(C(=O)O)C2)CC1. The van der Waals surface area contributed by atoms with E-state index < -0.39 is 11.4 Å². The zero-order valence-electron chi connectivity index (χ0n) is 13.0. The van der Waals surface area contributed by atoms with Crippen LogP contribution in [0.15, 0.2) is 0 Å². The second-order valence-electron chi connectivity index (χ2n) is 6.03. The van der Waals surface area contributed by atoms with Crippen LogP contribution in [0.3, 0.4) is 0 Å². The molecular weight excluding hydrogens is 272 g/mol. The first-order valence-corrected chi connectivity index (χ1v) is 7.91. The summed E-state index contributed by atoms with van der Waals surface area (Å²) in [5, 5.41) is 9.40. The summed E-state index contributed by atoms with van der Waals surface area (Å²) in [7, 11) is 0. The van der Waals surface area contributed by atoms with Crippen LogP contribution in [0.4, 0.5) is 4.79 Å². The van der Waals surface area contributed by atoms with Crippen molar-refractivity contribution in [3.05, 3.63) is 0 Å². The molecule has 2 fully saturated rings. The van der Waals surface area contributed by atoms with Crippen LogP contribution in [-0.2, 0) is 9.53 Å². The zero-order valence-corrected chi connectivity index (χ0v) is 13.0. The molecule has 0 aromatic carbocycles. The molecule has 0 bridgehead atoms. The van der Waals surface area contributed by atoms with Crippen molar-refractivity contribution in [2.24, 2.45) is 5.41 Å². The van der Waals surface area contributed by atoms with E-state index in [4.69, 9.17) is 4.74 Å². The Kier molecular flexibility index (Phi) is 5.08. The Balaban J connectivity index is 1.89. The van der Waals surface area contributed by atoms with Gasteiger partial charge >= 0.3 is 12.0 Å². The molecule has 0 radical (unpaired) electrons. The van der Waals surface area contributed by atoms with E-state index in [9.17, 15) is 14.7 Å². The lowest BCUT2D eigenvalue weighted by atomic mass is 9.84. The maximum Gasteiger partial charge on any atom is 0.320 e. The van der Waals surface area contributed by atoms with Crippen molar-refractivity contribution in [2.75, 3.05) is 32.8 Å². The van der Waals surface area contributed by atoms with E-state index in [1.807, 2.05) is 18.7 Å². The molecule has 1 unspecified atom stereocenters. The van der Waals surface area contributed by atoms with Gasteiger partial charge in [0.15, 0.2) is 0 Å². The monoisotopic (exact) mass is 298 g/mol. The number of hydrogen-bond acceptors (Lipinski definition) is 3. The van der Waals surface area contributed by atoms with Gasteiger partial charge in [0.1, 0.15) is 0 Å². The standard InChI is InChI=1S/C15H26N2O4/c1-3-15(13(18)19)7-10-17(11-15)14(20)16-8-5-12(6-9-16)21-4-2/h12H,3-11H2,1-2H3,(H,18,19). The fourth-order valence-electron chi connectivity index (χ4n) is 3.30. The van der Waals surface area contributed by atoms with Gasteiger partial charge in [-0.15, -0.1) is 0 Å². The molecule has 0 saturated carbocycles. The number of hydrogen-bond donors (Lipinski definition) is 1. The van der Waals surface area contributed by atoms with E-state index in [0.717, 1.165) is 12.8 Å². The van der Waals surface area contributed by atoms with Crippen molar-refractivity contribution in [3.8, 4) is 0 Å². The van der Waals surface area contributed by atoms with Crippen LogP contribution in [-0.4, -0.2) is 65.8 Å². The summed E-state index contributed by atoms with van der Waals surface area (Å²) in [4.78, 5) is 27.5. The highest BCUT2D eigenvalue weighted by molar-refractivity contribution is 5.79. The van der Waals surface area contributed by atoms with Crippen LogP contribution in [0.2, 0.25) is 0 Å². The predicted molar refractivity (Wildman–Crippen MR) is 78.2 cm³/mol. The van der Waals surface area contributed by atoms with Crippen LogP contribution in [0.5, 0.6) is 0 Å². The third kappa shape index (κ3) is 3.31. The maximum absolute atomic E-state index is 12.5. The lowest BCUT2D eigenvalue weighted by Crippen LogP contribution is -2.48. The number of urea groups is 1. The summed E-state index contributed by atoms with van der Waals surface area (Å²) in [6.07, 6.45) is 3.11. The van der Waals surface area contributed by atoms with E-state index in [2.05, 4.69) is 0 Å². The zero-order chi connectivity index (χ0) is 15.5. The average molecular weight is 298 g/mol. The quantitative estimate of drug-likeness (QED) is 0.859. The lowest BCUT2D eigenvalue weighted by molar-refractivity contribution is -0.148. The summed E-state index contributed by atoms with van der Waals surface area (Å²) in [6, 6.07) is -0.0125. The summed E-state index contributed by atoms with van der Waals surface area (Å²) in [6.45, 7) is 6.86. The minimum Gasteiger partial charge on any atom is -0.481 e. The first kappa shape index (κ1) is 16.1. The molecule has 120 valence electrons. The van der Waals surface area contributed by atoms with Crippen molar-refractivity contribution >= 4 is 12.0 Å². The van der Waals surface area contributed by atoms with Crippen LogP contribution in [0.25, 0.3) is 0 Å². The number of rotatable bonds is 4. The van der Waals surface area contributed by atoms with Crippen molar-refractivity contribution in [3.63, 3.8) is 0 Å². The van der Waals surface area contributed by atoms with Crippen LogP contribution < -0.4 is 0 Å². The number of carboxylic acids is 1. The molecule has 21 heavy (non-hydrogen) atoms. The van der Waals surface area contributed by atoms with Crippen molar-refractivity contribution in [1.82, 2.24) is 9.80 Å². The van der Waals surface area contributed by atoms with Gasteiger partial charge in [-0.1, -0.05) is 6.92 Å². The van der Waals surface area contributed by atoms with E-state index in [1.165, 1.54) is 0 Å². The number of carbonyl (C=O) groups excluding carboxylic acids is 1. The number of nitrogens with zero attached hydrogens (tertiary/aromatic N) is 2. The van der Waals surface area contributed by atoms with Gasteiger partial charge in [0.25, 0.3) is 0 Å². The molecular formula is C15H26N2O4.